The zero-order valence-corrected chi connectivity index (χ0v) is 18.6. The second kappa shape index (κ2) is 8.17. The third kappa shape index (κ3) is 4.09. The summed E-state index contributed by atoms with van der Waals surface area (Å²) in [5.41, 5.74) is 5.16. The monoisotopic (exact) mass is 482 g/mol. The summed E-state index contributed by atoms with van der Waals surface area (Å²) in [4.78, 5) is 18.0. The van der Waals surface area contributed by atoms with Crippen molar-refractivity contribution < 1.29 is 9.18 Å². The second-order valence-electron chi connectivity index (χ2n) is 7.12. The topological polar surface area (TPSA) is 42.0 Å². The normalized spacial score (nSPS) is 11.0. The lowest BCUT2D eigenvalue weighted by atomic mass is 9.99. The highest BCUT2D eigenvalue weighted by Crippen LogP contribution is 2.30. The maximum Gasteiger partial charge on any atom is 0.256 e. The van der Waals surface area contributed by atoms with E-state index in [4.69, 9.17) is 16.6 Å². The van der Waals surface area contributed by atoms with Gasteiger partial charge in [0.15, 0.2) is 0 Å². The average Bonchev–Trinajstić information content (AvgIpc) is 2.70. The number of halogens is 3. The molecule has 30 heavy (non-hydrogen) atoms. The minimum atomic E-state index is -0.323. The molecule has 3 aromatic carbocycles. The van der Waals surface area contributed by atoms with E-state index in [0.717, 1.165) is 32.1 Å². The number of hydrogen-bond acceptors (Lipinski definition) is 2. The molecule has 0 saturated heterocycles. The molecule has 1 aromatic heterocycles. The first-order valence-electron chi connectivity index (χ1n) is 9.26. The van der Waals surface area contributed by atoms with E-state index in [-0.39, 0.29) is 11.7 Å². The molecule has 0 saturated carbocycles. The van der Waals surface area contributed by atoms with Gasteiger partial charge in [0, 0.05) is 21.1 Å². The fourth-order valence-electron chi connectivity index (χ4n) is 3.41. The van der Waals surface area contributed by atoms with Crippen molar-refractivity contribution in [3.63, 3.8) is 0 Å². The molecule has 0 bridgehead atoms. The summed E-state index contributed by atoms with van der Waals surface area (Å²) in [6.07, 6.45) is 0. The number of amides is 1. The standard InChI is InChI=1S/C24H17BrClFN2O/c1-13-9-14(2)23-18(10-13)19(12-22(29-23)15-3-5-16(27)6-4-15)24(30)28-17-7-8-20(25)21(26)11-17/h3-12H,1-2H3,(H,28,30). The van der Waals surface area contributed by atoms with Crippen molar-refractivity contribution in [1.82, 2.24) is 4.98 Å². The number of hydrogen-bond donors (Lipinski definition) is 1. The third-order valence-electron chi connectivity index (χ3n) is 4.81. The van der Waals surface area contributed by atoms with Crippen molar-refractivity contribution in [3.05, 3.63) is 92.7 Å². The largest absolute Gasteiger partial charge is 0.322 e. The molecule has 0 atom stereocenters. The van der Waals surface area contributed by atoms with Gasteiger partial charge in [0.2, 0.25) is 0 Å². The maximum absolute atomic E-state index is 13.4. The van der Waals surface area contributed by atoms with Crippen molar-refractivity contribution in [2.24, 2.45) is 0 Å². The molecule has 1 amide bonds. The van der Waals surface area contributed by atoms with E-state index in [2.05, 4.69) is 21.2 Å². The Morgan fingerprint density at radius 3 is 2.47 bits per heavy atom. The predicted molar refractivity (Wildman–Crippen MR) is 124 cm³/mol. The highest BCUT2D eigenvalue weighted by Gasteiger charge is 2.16. The minimum Gasteiger partial charge on any atom is -0.322 e. The number of rotatable bonds is 3. The molecule has 1 N–H and O–H groups in total. The van der Waals surface area contributed by atoms with E-state index in [1.165, 1.54) is 12.1 Å². The van der Waals surface area contributed by atoms with Gasteiger partial charge >= 0.3 is 0 Å². The lowest BCUT2D eigenvalue weighted by Gasteiger charge is -2.13. The maximum atomic E-state index is 13.4. The van der Waals surface area contributed by atoms with Crippen LogP contribution in [0.4, 0.5) is 10.1 Å². The number of benzene rings is 3. The third-order valence-corrected chi connectivity index (χ3v) is 6.04. The molecule has 0 aliphatic rings. The second-order valence-corrected chi connectivity index (χ2v) is 8.38. The number of anilines is 1. The Bertz CT molecular complexity index is 1290. The van der Waals surface area contributed by atoms with E-state index in [0.29, 0.717) is 22.0 Å². The summed E-state index contributed by atoms with van der Waals surface area (Å²) in [6, 6.07) is 17.0. The molecule has 0 aliphatic heterocycles. The van der Waals surface area contributed by atoms with Gasteiger partial charge in [-0.2, -0.15) is 0 Å². The molecule has 3 nitrogen and oxygen atoms in total. The molecular formula is C24H17BrClFN2O. The quantitative estimate of drug-likeness (QED) is 0.331. The Balaban J connectivity index is 1.86. The number of pyridine rings is 1. The summed E-state index contributed by atoms with van der Waals surface area (Å²) >= 11 is 9.51. The van der Waals surface area contributed by atoms with Crippen LogP contribution in [0.2, 0.25) is 5.02 Å². The summed E-state index contributed by atoms with van der Waals surface area (Å²) in [7, 11) is 0. The van der Waals surface area contributed by atoms with Crippen LogP contribution in [0.3, 0.4) is 0 Å². The molecule has 4 aromatic rings. The summed E-state index contributed by atoms with van der Waals surface area (Å²) < 4.78 is 14.1. The minimum absolute atomic E-state index is 0.269. The molecule has 0 radical (unpaired) electrons. The first kappa shape index (κ1) is 20.5. The van der Waals surface area contributed by atoms with Crippen LogP contribution < -0.4 is 5.32 Å². The summed E-state index contributed by atoms with van der Waals surface area (Å²) in [5.74, 6) is -0.592. The van der Waals surface area contributed by atoms with Gasteiger partial charge in [0.05, 0.1) is 21.8 Å². The molecule has 0 unspecified atom stereocenters. The van der Waals surface area contributed by atoms with E-state index < -0.39 is 0 Å². The number of aromatic nitrogens is 1. The van der Waals surface area contributed by atoms with E-state index in [9.17, 15) is 9.18 Å². The fraction of sp³-hybridized carbons (Fsp3) is 0.0833. The zero-order chi connectivity index (χ0) is 21.4. The van der Waals surface area contributed by atoms with Crippen LogP contribution >= 0.6 is 27.5 Å². The average molecular weight is 484 g/mol. The molecule has 6 heteroatoms. The van der Waals surface area contributed by atoms with Crippen LogP contribution in [0.15, 0.2) is 65.1 Å². The lowest BCUT2D eigenvalue weighted by molar-refractivity contribution is 0.102. The molecule has 1 heterocycles. The Kier molecular flexibility index (Phi) is 5.58. The Morgan fingerprint density at radius 2 is 1.77 bits per heavy atom. The molecular weight excluding hydrogens is 467 g/mol. The van der Waals surface area contributed by atoms with Crippen molar-refractivity contribution in [3.8, 4) is 11.3 Å². The first-order valence-corrected chi connectivity index (χ1v) is 10.4. The predicted octanol–water partition coefficient (Wildman–Crippen LogP) is 7.33. The van der Waals surface area contributed by atoms with Gasteiger partial charge in [-0.05, 0) is 89.9 Å². The van der Waals surface area contributed by atoms with Crippen LogP contribution in [-0.2, 0) is 0 Å². The number of carbonyl (C=O) groups is 1. The Labute approximate surface area is 187 Å². The van der Waals surface area contributed by atoms with Crippen LogP contribution in [0, 0.1) is 19.7 Å². The first-order chi connectivity index (χ1) is 14.3. The summed E-state index contributed by atoms with van der Waals surface area (Å²) in [5, 5.41) is 4.18. The SMILES string of the molecule is Cc1cc(C)c2nc(-c3ccc(F)cc3)cc(C(=O)Nc3ccc(Br)c(Cl)c3)c2c1. The van der Waals surface area contributed by atoms with Crippen molar-refractivity contribution >= 4 is 50.0 Å². The molecule has 150 valence electrons. The van der Waals surface area contributed by atoms with Crippen LogP contribution in [0.1, 0.15) is 21.5 Å². The molecule has 0 spiro atoms. The van der Waals surface area contributed by atoms with Gasteiger partial charge in [0.1, 0.15) is 5.82 Å². The van der Waals surface area contributed by atoms with Crippen LogP contribution in [0.25, 0.3) is 22.2 Å². The van der Waals surface area contributed by atoms with Crippen molar-refractivity contribution in [1.29, 1.82) is 0 Å². The van der Waals surface area contributed by atoms with E-state index in [1.807, 2.05) is 26.0 Å². The number of nitrogens with zero attached hydrogens (tertiary/aromatic N) is 1. The van der Waals surface area contributed by atoms with Gasteiger partial charge in [0.25, 0.3) is 5.91 Å². The van der Waals surface area contributed by atoms with Gasteiger partial charge in [-0.25, -0.2) is 9.37 Å². The van der Waals surface area contributed by atoms with Gasteiger partial charge in [-0.3, -0.25) is 4.79 Å². The lowest BCUT2D eigenvalue weighted by Crippen LogP contribution is -2.13. The Hall–Kier alpha value is -2.76. The van der Waals surface area contributed by atoms with Gasteiger partial charge < -0.3 is 5.32 Å². The molecule has 0 fully saturated rings. The molecule has 0 aliphatic carbocycles. The molecule has 4 rings (SSSR count). The Morgan fingerprint density at radius 1 is 1.03 bits per heavy atom. The number of fused-ring (bicyclic) bond motifs is 1. The van der Waals surface area contributed by atoms with Crippen molar-refractivity contribution in [2.75, 3.05) is 5.32 Å². The number of aryl methyl sites for hydroxylation is 2. The highest BCUT2D eigenvalue weighted by atomic mass is 79.9. The van der Waals surface area contributed by atoms with Crippen LogP contribution in [-0.4, -0.2) is 10.9 Å². The van der Waals surface area contributed by atoms with Crippen LogP contribution in [0.5, 0.6) is 0 Å². The number of nitrogens with one attached hydrogen (secondary N) is 1. The number of carbonyl (C=O) groups excluding carboxylic acids is 1. The van der Waals surface area contributed by atoms with Crippen molar-refractivity contribution in [2.45, 2.75) is 13.8 Å². The zero-order valence-electron chi connectivity index (χ0n) is 16.3. The van der Waals surface area contributed by atoms with Gasteiger partial charge in [-0.1, -0.05) is 23.2 Å². The van der Waals surface area contributed by atoms with Gasteiger partial charge in [-0.15, -0.1) is 0 Å². The fourth-order valence-corrected chi connectivity index (χ4v) is 3.84. The highest BCUT2D eigenvalue weighted by molar-refractivity contribution is 9.10. The van der Waals surface area contributed by atoms with E-state index in [1.54, 1.807) is 36.4 Å². The smallest absolute Gasteiger partial charge is 0.256 e. The van der Waals surface area contributed by atoms with E-state index >= 15 is 0 Å². The summed E-state index contributed by atoms with van der Waals surface area (Å²) in [6.45, 7) is 3.95.